The number of amides is 1. The molecule has 0 bridgehead atoms. The summed E-state index contributed by atoms with van der Waals surface area (Å²) in [6, 6.07) is 7.92. The van der Waals surface area contributed by atoms with Gasteiger partial charge in [0.05, 0.1) is 7.11 Å². The van der Waals surface area contributed by atoms with E-state index in [0.717, 1.165) is 41.0 Å². The second-order valence-electron chi connectivity index (χ2n) is 6.33. The van der Waals surface area contributed by atoms with E-state index in [2.05, 4.69) is 11.4 Å². The van der Waals surface area contributed by atoms with Crippen molar-refractivity contribution in [2.45, 2.75) is 39.2 Å². The Morgan fingerprint density at radius 1 is 1.23 bits per heavy atom. The number of carbonyl (C=O) groups excluding carboxylic acids is 2. The molecular formula is C20H23NO4S. The molecular weight excluding hydrogens is 350 g/mol. The van der Waals surface area contributed by atoms with E-state index in [1.54, 1.807) is 14.0 Å². The molecule has 1 atom stereocenters. The quantitative estimate of drug-likeness (QED) is 0.786. The number of carbonyl (C=O) groups is 2. The molecule has 138 valence electrons. The maximum atomic E-state index is 12.5. The van der Waals surface area contributed by atoms with E-state index in [-0.39, 0.29) is 5.91 Å². The Morgan fingerprint density at radius 2 is 2.00 bits per heavy atom. The molecule has 0 radical (unpaired) electrons. The largest absolute Gasteiger partial charge is 0.497 e. The standard InChI is InChI=1S/C20H23NO4S/c1-4-9-21-19(22)12(2)25-20(23)17-11-14-6-5-13-10-15(24-3)7-8-16(13)18(14)26-17/h7-8,10-12H,4-6,9H2,1-3H3,(H,21,22). The molecule has 1 heterocycles. The van der Waals surface area contributed by atoms with Crippen molar-refractivity contribution in [2.24, 2.45) is 0 Å². The summed E-state index contributed by atoms with van der Waals surface area (Å²) < 4.78 is 10.6. The van der Waals surface area contributed by atoms with Crippen molar-refractivity contribution in [3.05, 3.63) is 40.3 Å². The fourth-order valence-electron chi connectivity index (χ4n) is 3.00. The number of fused-ring (bicyclic) bond motifs is 3. The van der Waals surface area contributed by atoms with Crippen LogP contribution in [0.4, 0.5) is 0 Å². The number of ether oxygens (including phenoxy) is 2. The summed E-state index contributed by atoms with van der Waals surface area (Å²) >= 11 is 1.42. The number of rotatable bonds is 6. The molecule has 1 amide bonds. The van der Waals surface area contributed by atoms with E-state index < -0.39 is 12.1 Å². The SMILES string of the molecule is CCCNC(=O)C(C)OC(=O)c1cc2c(s1)-c1ccc(OC)cc1CC2. The molecule has 3 rings (SSSR count). The number of benzene rings is 1. The maximum absolute atomic E-state index is 12.5. The number of methoxy groups -OCH3 is 1. The fourth-order valence-corrected chi connectivity index (χ4v) is 4.16. The van der Waals surface area contributed by atoms with Crippen LogP contribution >= 0.6 is 11.3 Å². The zero-order valence-corrected chi connectivity index (χ0v) is 16.1. The molecule has 1 aromatic heterocycles. The van der Waals surface area contributed by atoms with E-state index in [1.807, 2.05) is 25.1 Å². The van der Waals surface area contributed by atoms with Crippen LogP contribution in [0.1, 0.15) is 41.1 Å². The van der Waals surface area contributed by atoms with Crippen molar-refractivity contribution in [3.63, 3.8) is 0 Å². The molecule has 1 N–H and O–H groups in total. The summed E-state index contributed by atoms with van der Waals surface area (Å²) in [5.41, 5.74) is 3.53. The zero-order chi connectivity index (χ0) is 18.7. The number of hydrogen-bond donors (Lipinski definition) is 1. The molecule has 0 saturated carbocycles. The summed E-state index contributed by atoms with van der Waals surface area (Å²) in [7, 11) is 1.66. The van der Waals surface area contributed by atoms with Gasteiger partial charge in [0.15, 0.2) is 6.10 Å². The van der Waals surface area contributed by atoms with Crippen molar-refractivity contribution in [1.82, 2.24) is 5.32 Å². The minimum absolute atomic E-state index is 0.265. The van der Waals surface area contributed by atoms with Crippen LogP contribution in [0.3, 0.4) is 0 Å². The van der Waals surface area contributed by atoms with Gasteiger partial charge in [0.25, 0.3) is 5.91 Å². The van der Waals surface area contributed by atoms with Crippen LogP contribution in [0.2, 0.25) is 0 Å². The summed E-state index contributed by atoms with van der Waals surface area (Å²) in [4.78, 5) is 26.0. The maximum Gasteiger partial charge on any atom is 0.349 e. The van der Waals surface area contributed by atoms with Gasteiger partial charge >= 0.3 is 5.97 Å². The van der Waals surface area contributed by atoms with Gasteiger partial charge in [-0.3, -0.25) is 4.79 Å². The van der Waals surface area contributed by atoms with Gasteiger partial charge in [0.1, 0.15) is 10.6 Å². The summed E-state index contributed by atoms with van der Waals surface area (Å²) in [6.45, 7) is 4.15. The number of thiophene rings is 1. The Labute approximate surface area is 157 Å². The monoisotopic (exact) mass is 373 g/mol. The van der Waals surface area contributed by atoms with Gasteiger partial charge in [-0.05, 0) is 67.1 Å². The van der Waals surface area contributed by atoms with E-state index in [1.165, 1.54) is 16.9 Å². The first kappa shape index (κ1) is 18.5. The summed E-state index contributed by atoms with van der Waals surface area (Å²) in [6.07, 6.45) is 1.84. The molecule has 0 fully saturated rings. The Morgan fingerprint density at radius 3 is 2.73 bits per heavy atom. The lowest BCUT2D eigenvalue weighted by Gasteiger charge is -2.16. The van der Waals surface area contributed by atoms with Crippen LogP contribution in [-0.2, 0) is 22.4 Å². The molecule has 0 saturated heterocycles. The second kappa shape index (κ2) is 7.91. The van der Waals surface area contributed by atoms with Gasteiger partial charge < -0.3 is 14.8 Å². The molecule has 2 aromatic rings. The molecule has 1 aromatic carbocycles. The molecule has 0 spiro atoms. The minimum Gasteiger partial charge on any atom is -0.497 e. The Balaban J connectivity index is 1.76. The van der Waals surface area contributed by atoms with Gasteiger partial charge in [-0.25, -0.2) is 4.79 Å². The Kier molecular flexibility index (Phi) is 5.61. The average Bonchev–Trinajstić information content (AvgIpc) is 3.10. The highest BCUT2D eigenvalue weighted by Crippen LogP contribution is 2.41. The topological polar surface area (TPSA) is 64.6 Å². The van der Waals surface area contributed by atoms with Crippen molar-refractivity contribution < 1.29 is 19.1 Å². The zero-order valence-electron chi connectivity index (χ0n) is 15.3. The normalized spacial score (nSPS) is 13.3. The van der Waals surface area contributed by atoms with Gasteiger partial charge in [0, 0.05) is 11.4 Å². The first-order valence-corrected chi connectivity index (χ1v) is 9.63. The van der Waals surface area contributed by atoms with Crippen molar-refractivity contribution >= 4 is 23.2 Å². The lowest BCUT2D eigenvalue weighted by molar-refractivity contribution is -0.129. The van der Waals surface area contributed by atoms with E-state index in [0.29, 0.717) is 11.4 Å². The highest BCUT2D eigenvalue weighted by Gasteiger charge is 2.25. The predicted molar refractivity (Wildman–Crippen MR) is 102 cm³/mol. The van der Waals surface area contributed by atoms with E-state index >= 15 is 0 Å². The first-order valence-electron chi connectivity index (χ1n) is 8.82. The van der Waals surface area contributed by atoms with Gasteiger partial charge in [-0.2, -0.15) is 0 Å². The molecule has 0 aliphatic heterocycles. The third-order valence-corrected chi connectivity index (χ3v) is 5.62. The molecule has 1 aliphatic carbocycles. The van der Waals surface area contributed by atoms with Crippen molar-refractivity contribution in [1.29, 1.82) is 0 Å². The lowest BCUT2D eigenvalue weighted by atomic mass is 9.91. The highest BCUT2D eigenvalue weighted by molar-refractivity contribution is 7.17. The summed E-state index contributed by atoms with van der Waals surface area (Å²) in [5.74, 6) is 0.132. The molecule has 1 aliphatic rings. The summed E-state index contributed by atoms with van der Waals surface area (Å²) in [5, 5.41) is 2.74. The van der Waals surface area contributed by atoms with E-state index in [9.17, 15) is 9.59 Å². The first-order chi connectivity index (χ1) is 12.5. The second-order valence-corrected chi connectivity index (χ2v) is 7.38. The van der Waals surface area contributed by atoms with Crippen LogP contribution in [-0.4, -0.2) is 31.6 Å². The number of nitrogens with one attached hydrogen (secondary N) is 1. The number of aryl methyl sites for hydroxylation is 2. The highest BCUT2D eigenvalue weighted by atomic mass is 32.1. The van der Waals surface area contributed by atoms with Crippen LogP contribution in [0.5, 0.6) is 5.75 Å². The van der Waals surface area contributed by atoms with Crippen molar-refractivity contribution in [3.8, 4) is 16.2 Å². The van der Waals surface area contributed by atoms with Crippen LogP contribution in [0.25, 0.3) is 10.4 Å². The lowest BCUT2D eigenvalue weighted by Crippen LogP contribution is -2.36. The fraction of sp³-hybridized carbons (Fsp3) is 0.400. The third-order valence-electron chi connectivity index (χ3n) is 4.43. The minimum atomic E-state index is -0.801. The third kappa shape index (κ3) is 3.75. The Hall–Kier alpha value is -2.34. The van der Waals surface area contributed by atoms with Gasteiger partial charge in [-0.15, -0.1) is 11.3 Å². The molecule has 1 unspecified atom stereocenters. The van der Waals surface area contributed by atoms with Crippen LogP contribution in [0, 0.1) is 0 Å². The van der Waals surface area contributed by atoms with Crippen LogP contribution in [0.15, 0.2) is 24.3 Å². The smallest absolute Gasteiger partial charge is 0.349 e. The predicted octanol–water partition coefficient (Wildman–Crippen LogP) is 3.59. The average molecular weight is 373 g/mol. The molecule has 5 nitrogen and oxygen atoms in total. The van der Waals surface area contributed by atoms with E-state index in [4.69, 9.17) is 9.47 Å². The molecule has 26 heavy (non-hydrogen) atoms. The van der Waals surface area contributed by atoms with Crippen molar-refractivity contribution in [2.75, 3.05) is 13.7 Å². The Bertz CT molecular complexity index is 827. The number of esters is 1. The van der Waals surface area contributed by atoms with Gasteiger partial charge in [0.2, 0.25) is 0 Å². The number of hydrogen-bond acceptors (Lipinski definition) is 5. The van der Waals surface area contributed by atoms with Gasteiger partial charge in [-0.1, -0.05) is 6.92 Å². The van der Waals surface area contributed by atoms with Crippen LogP contribution < -0.4 is 10.1 Å². The molecule has 6 heteroatoms.